The summed E-state index contributed by atoms with van der Waals surface area (Å²) in [6.07, 6.45) is -0.293. The van der Waals surface area contributed by atoms with Crippen LogP contribution in [0.5, 0.6) is 0 Å². The molecule has 1 fully saturated rings. The first-order chi connectivity index (χ1) is 4.84. The Balaban J connectivity index is 0.000001000. The number of amides is 1. The summed E-state index contributed by atoms with van der Waals surface area (Å²) in [4.78, 5) is 10.9. The number of rotatable bonds is 1. The third-order valence-electron chi connectivity index (χ3n) is 1.47. The molecule has 66 valence electrons. The van der Waals surface area contributed by atoms with Gasteiger partial charge in [0.25, 0.3) is 0 Å². The minimum absolute atomic E-state index is 0. The number of morpholine rings is 1. The lowest BCUT2D eigenvalue weighted by Gasteiger charge is -2.21. The molecule has 0 aromatic carbocycles. The minimum Gasteiger partial charge on any atom is -0.366 e. The maximum Gasteiger partial charge on any atom is 0.250 e. The number of hydrogen-bond acceptors (Lipinski definition) is 3. The summed E-state index contributed by atoms with van der Waals surface area (Å²) in [7, 11) is 1.61. The zero-order chi connectivity index (χ0) is 7.40. The summed E-state index contributed by atoms with van der Waals surface area (Å²) < 4.78 is 5.16. The monoisotopic (exact) mass is 180 g/mol. The second-order valence-corrected chi connectivity index (χ2v) is 2.18. The van der Waals surface area contributed by atoms with Gasteiger partial charge in [0.1, 0.15) is 6.10 Å². The van der Waals surface area contributed by atoms with E-state index < -0.39 is 0 Å². The lowest BCUT2D eigenvalue weighted by Crippen LogP contribution is -2.46. The smallest absolute Gasteiger partial charge is 0.250 e. The standard InChI is InChI=1S/C6H12N2O2.ClH/c1-7-6(9)5-4-8-2-3-10-5;/h5,8H,2-4H2,1H3,(H,7,9);1H/t5-;/m0./s1. The van der Waals surface area contributed by atoms with Gasteiger partial charge >= 0.3 is 0 Å². The van der Waals surface area contributed by atoms with E-state index in [1.165, 1.54) is 0 Å². The number of likely N-dealkylation sites (N-methyl/N-ethyl adjacent to an activating group) is 1. The van der Waals surface area contributed by atoms with Crippen LogP contribution in [0, 0.1) is 0 Å². The molecule has 1 saturated heterocycles. The van der Waals surface area contributed by atoms with Gasteiger partial charge in [0.2, 0.25) is 5.91 Å². The van der Waals surface area contributed by atoms with Crippen molar-refractivity contribution in [1.82, 2.24) is 10.6 Å². The molecular formula is C6H13ClN2O2. The minimum atomic E-state index is -0.293. The Morgan fingerprint density at radius 1 is 1.73 bits per heavy atom. The van der Waals surface area contributed by atoms with Crippen LogP contribution in [-0.2, 0) is 9.53 Å². The van der Waals surface area contributed by atoms with Gasteiger partial charge < -0.3 is 15.4 Å². The third-order valence-corrected chi connectivity index (χ3v) is 1.47. The highest BCUT2D eigenvalue weighted by molar-refractivity contribution is 5.85. The van der Waals surface area contributed by atoms with Gasteiger partial charge in [0, 0.05) is 20.1 Å². The highest BCUT2D eigenvalue weighted by Gasteiger charge is 2.19. The van der Waals surface area contributed by atoms with Gasteiger partial charge in [-0.1, -0.05) is 0 Å². The first-order valence-corrected chi connectivity index (χ1v) is 3.38. The summed E-state index contributed by atoms with van der Waals surface area (Å²) >= 11 is 0. The Hall–Kier alpha value is -0.320. The fourth-order valence-corrected chi connectivity index (χ4v) is 0.895. The van der Waals surface area contributed by atoms with Gasteiger partial charge in [-0.2, -0.15) is 0 Å². The molecule has 0 aromatic heterocycles. The zero-order valence-corrected chi connectivity index (χ0v) is 7.24. The quantitative estimate of drug-likeness (QED) is 0.553. The normalized spacial score (nSPS) is 23.5. The van der Waals surface area contributed by atoms with Gasteiger partial charge in [-0.25, -0.2) is 0 Å². The summed E-state index contributed by atoms with van der Waals surface area (Å²) in [5.74, 6) is -0.0489. The van der Waals surface area contributed by atoms with Crippen LogP contribution in [0.3, 0.4) is 0 Å². The van der Waals surface area contributed by atoms with Gasteiger partial charge in [-0.3, -0.25) is 4.79 Å². The number of hydrogen-bond donors (Lipinski definition) is 2. The SMILES string of the molecule is CNC(=O)[C@@H]1CNCCO1.Cl. The maximum absolute atomic E-state index is 10.9. The molecule has 1 amide bonds. The highest BCUT2D eigenvalue weighted by Crippen LogP contribution is 1.94. The van der Waals surface area contributed by atoms with Crippen LogP contribution in [0.15, 0.2) is 0 Å². The molecule has 0 bridgehead atoms. The van der Waals surface area contributed by atoms with Crippen molar-refractivity contribution in [2.24, 2.45) is 0 Å². The molecular weight excluding hydrogens is 168 g/mol. The van der Waals surface area contributed by atoms with Gasteiger partial charge in [0.05, 0.1) is 6.61 Å². The first-order valence-electron chi connectivity index (χ1n) is 3.38. The molecule has 0 unspecified atom stereocenters. The molecule has 5 heteroatoms. The van der Waals surface area contributed by atoms with Crippen LogP contribution in [-0.4, -0.2) is 38.8 Å². The molecule has 0 aromatic rings. The second kappa shape index (κ2) is 5.35. The van der Waals surface area contributed by atoms with Crippen LogP contribution < -0.4 is 10.6 Å². The zero-order valence-electron chi connectivity index (χ0n) is 6.42. The average molecular weight is 181 g/mol. The lowest BCUT2D eigenvalue weighted by atomic mass is 10.3. The Kier molecular flexibility index (Phi) is 5.19. The van der Waals surface area contributed by atoms with Crippen molar-refractivity contribution in [1.29, 1.82) is 0 Å². The first kappa shape index (κ1) is 10.7. The van der Waals surface area contributed by atoms with E-state index in [2.05, 4.69) is 10.6 Å². The lowest BCUT2D eigenvalue weighted by molar-refractivity contribution is -0.133. The molecule has 1 atom stereocenters. The van der Waals surface area contributed by atoms with Crippen LogP contribution in [0.1, 0.15) is 0 Å². The summed E-state index contributed by atoms with van der Waals surface area (Å²) in [6.45, 7) is 2.09. The number of carbonyl (C=O) groups is 1. The molecule has 1 rings (SSSR count). The highest BCUT2D eigenvalue weighted by atomic mass is 35.5. The number of ether oxygens (including phenoxy) is 1. The van der Waals surface area contributed by atoms with E-state index >= 15 is 0 Å². The van der Waals surface area contributed by atoms with Gasteiger partial charge in [-0.05, 0) is 0 Å². The van der Waals surface area contributed by atoms with Crippen molar-refractivity contribution in [3.8, 4) is 0 Å². The average Bonchev–Trinajstić information content (AvgIpc) is 2.05. The predicted octanol–water partition coefficient (Wildman–Crippen LogP) is -0.857. The number of nitrogens with one attached hydrogen (secondary N) is 2. The van der Waals surface area contributed by atoms with Crippen molar-refractivity contribution in [3.05, 3.63) is 0 Å². The Morgan fingerprint density at radius 3 is 2.91 bits per heavy atom. The summed E-state index contributed by atoms with van der Waals surface area (Å²) in [5, 5.41) is 5.59. The van der Waals surface area contributed by atoms with Crippen LogP contribution in [0.4, 0.5) is 0 Å². The van der Waals surface area contributed by atoms with Gasteiger partial charge in [-0.15, -0.1) is 12.4 Å². The molecule has 2 N–H and O–H groups in total. The maximum atomic E-state index is 10.9. The predicted molar refractivity (Wildman–Crippen MR) is 43.9 cm³/mol. The Labute approximate surface area is 72.1 Å². The van der Waals surface area contributed by atoms with E-state index in [-0.39, 0.29) is 24.4 Å². The fraction of sp³-hybridized carbons (Fsp3) is 0.833. The fourth-order valence-electron chi connectivity index (χ4n) is 0.895. The topological polar surface area (TPSA) is 50.4 Å². The summed E-state index contributed by atoms with van der Waals surface area (Å²) in [6, 6.07) is 0. The summed E-state index contributed by atoms with van der Waals surface area (Å²) in [5.41, 5.74) is 0. The third kappa shape index (κ3) is 3.05. The molecule has 0 radical (unpaired) electrons. The van der Waals surface area contributed by atoms with Gasteiger partial charge in [0.15, 0.2) is 0 Å². The molecule has 0 aliphatic carbocycles. The van der Waals surface area contributed by atoms with Crippen LogP contribution in [0.25, 0.3) is 0 Å². The molecule has 0 saturated carbocycles. The Morgan fingerprint density at radius 2 is 2.45 bits per heavy atom. The van der Waals surface area contributed by atoms with Crippen LogP contribution >= 0.6 is 12.4 Å². The largest absolute Gasteiger partial charge is 0.366 e. The molecule has 4 nitrogen and oxygen atoms in total. The van der Waals surface area contributed by atoms with E-state index in [4.69, 9.17) is 4.74 Å². The van der Waals surface area contributed by atoms with E-state index in [1.807, 2.05) is 0 Å². The molecule has 1 heterocycles. The van der Waals surface area contributed by atoms with E-state index in [9.17, 15) is 4.79 Å². The number of carbonyl (C=O) groups excluding carboxylic acids is 1. The van der Waals surface area contributed by atoms with Crippen molar-refractivity contribution >= 4 is 18.3 Å². The Bertz CT molecular complexity index is 126. The van der Waals surface area contributed by atoms with E-state index in [0.717, 1.165) is 6.54 Å². The van der Waals surface area contributed by atoms with Crippen LogP contribution in [0.2, 0.25) is 0 Å². The van der Waals surface area contributed by atoms with Crippen molar-refractivity contribution in [3.63, 3.8) is 0 Å². The molecule has 1 aliphatic heterocycles. The second-order valence-electron chi connectivity index (χ2n) is 2.18. The van der Waals surface area contributed by atoms with E-state index in [1.54, 1.807) is 7.05 Å². The molecule has 0 spiro atoms. The number of halogens is 1. The molecule has 1 aliphatic rings. The van der Waals surface area contributed by atoms with Crippen molar-refractivity contribution in [2.75, 3.05) is 26.7 Å². The van der Waals surface area contributed by atoms with Crippen molar-refractivity contribution < 1.29 is 9.53 Å². The van der Waals surface area contributed by atoms with Crippen molar-refractivity contribution in [2.45, 2.75) is 6.10 Å². The van der Waals surface area contributed by atoms with E-state index in [0.29, 0.717) is 13.2 Å². The molecule has 11 heavy (non-hydrogen) atoms.